The number of halogens is 2. The second-order valence-electron chi connectivity index (χ2n) is 5.94. The number of hydrogen-bond acceptors (Lipinski definition) is 7. The molecule has 0 bridgehead atoms. The van der Waals surface area contributed by atoms with Gasteiger partial charge >= 0.3 is 0 Å². The summed E-state index contributed by atoms with van der Waals surface area (Å²) in [5.41, 5.74) is 0.329. The van der Waals surface area contributed by atoms with Gasteiger partial charge in [0.1, 0.15) is 10.7 Å². The number of benzene rings is 1. The number of likely N-dealkylation sites (N-methyl/N-ethyl adjacent to an activating group) is 1. The van der Waals surface area contributed by atoms with E-state index in [0.717, 1.165) is 19.2 Å². The molecule has 0 amide bonds. The normalized spacial score (nSPS) is 18.1. The largest absolute Gasteiger partial charge is 0.334 e. The van der Waals surface area contributed by atoms with Crippen LogP contribution in [0.25, 0.3) is 11.5 Å². The Kier molecular flexibility index (Phi) is 7.06. The molecule has 1 aliphatic rings. The van der Waals surface area contributed by atoms with Gasteiger partial charge < -0.3 is 9.84 Å². The molecule has 27 heavy (non-hydrogen) atoms. The van der Waals surface area contributed by atoms with Crippen LogP contribution in [0, 0.1) is 5.82 Å². The smallest absolute Gasteiger partial charge is 0.258 e. The molecule has 1 aromatic heterocycles. The molecule has 2 N–H and O–H groups in total. The van der Waals surface area contributed by atoms with Gasteiger partial charge in [-0.3, -0.25) is 4.90 Å². The predicted octanol–water partition coefficient (Wildman–Crippen LogP) is 1.34. The molecule has 1 saturated heterocycles. The number of sulfonamides is 1. The molecule has 0 saturated carbocycles. The summed E-state index contributed by atoms with van der Waals surface area (Å²) in [7, 11) is -2.04. The average molecular weight is 418 g/mol. The highest BCUT2D eigenvalue weighted by Gasteiger charge is 2.26. The van der Waals surface area contributed by atoms with Crippen LogP contribution in [0.2, 0.25) is 0 Å². The summed E-state index contributed by atoms with van der Waals surface area (Å²) in [6.45, 7) is 5.85. The van der Waals surface area contributed by atoms with Crippen LogP contribution in [0.1, 0.15) is 11.9 Å². The van der Waals surface area contributed by atoms with Crippen molar-refractivity contribution in [2.24, 2.45) is 0 Å². The van der Waals surface area contributed by atoms with Crippen molar-refractivity contribution in [3.63, 3.8) is 0 Å². The molecule has 8 nitrogen and oxygen atoms in total. The van der Waals surface area contributed by atoms with E-state index in [2.05, 4.69) is 31.7 Å². The Bertz CT molecular complexity index is 905. The monoisotopic (exact) mass is 417 g/mol. The fourth-order valence-corrected chi connectivity index (χ4v) is 3.77. The lowest BCUT2D eigenvalue weighted by atomic mass is 10.2. The van der Waals surface area contributed by atoms with Crippen LogP contribution in [0.3, 0.4) is 0 Å². The third-order valence-corrected chi connectivity index (χ3v) is 5.57. The summed E-state index contributed by atoms with van der Waals surface area (Å²) < 4.78 is 46.0. The van der Waals surface area contributed by atoms with E-state index in [-0.39, 0.29) is 30.9 Å². The second kappa shape index (κ2) is 8.89. The third-order valence-electron chi connectivity index (χ3n) is 4.14. The minimum atomic E-state index is -4.01. The van der Waals surface area contributed by atoms with Crippen molar-refractivity contribution in [1.82, 2.24) is 25.1 Å². The molecule has 1 unspecified atom stereocenters. The van der Waals surface area contributed by atoms with Gasteiger partial charge in [-0.05, 0) is 25.2 Å². The van der Waals surface area contributed by atoms with Gasteiger partial charge in [0.05, 0.1) is 6.04 Å². The van der Waals surface area contributed by atoms with Crippen molar-refractivity contribution in [1.29, 1.82) is 0 Å². The van der Waals surface area contributed by atoms with Gasteiger partial charge in [0.15, 0.2) is 5.82 Å². The van der Waals surface area contributed by atoms with Gasteiger partial charge in [-0.25, -0.2) is 17.5 Å². The second-order valence-corrected chi connectivity index (χ2v) is 7.68. The molecule has 148 valence electrons. The van der Waals surface area contributed by atoms with Crippen molar-refractivity contribution >= 4 is 22.4 Å². The maximum Gasteiger partial charge on any atom is 0.258 e. The molecule has 1 aromatic carbocycles. The van der Waals surface area contributed by atoms with Crippen LogP contribution in [-0.4, -0.2) is 56.7 Å². The molecule has 2 heterocycles. The Morgan fingerprint density at radius 1 is 1.52 bits per heavy atom. The minimum absolute atomic E-state index is 0. The molecule has 3 rings (SSSR count). The quantitative estimate of drug-likeness (QED) is 0.684. The van der Waals surface area contributed by atoms with E-state index in [9.17, 15) is 12.8 Å². The Hall–Kier alpha value is -1.85. The fourth-order valence-electron chi connectivity index (χ4n) is 2.67. The van der Waals surface area contributed by atoms with Gasteiger partial charge in [-0.15, -0.1) is 19.0 Å². The van der Waals surface area contributed by atoms with E-state index in [0.29, 0.717) is 17.9 Å². The van der Waals surface area contributed by atoms with Crippen molar-refractivity contribution in [3.05, 3.63) is 42.5 Å². The standard InChI is InChI=1S/C16H20FN5O3S.ClH/c1-3-6-19-26(23,24)14-9-11(4-5-12(14)17)16-20-15(21-25-16)13-10-18-7-8-22(13)2;/h3-5,9,13,18-19H,1,6-8,10H2,2H3;1H. The molecule has 1 aliphatic heterocycles. The lowest BCUT2D eigenvalue weighted by Crippen LogP contribution is -2.44. The molecular formula is C16H21ClFN5O3S. The number of piperazine rings is 1. The first-order valence-corrected chi connectivity index (χ1v) is 9.56. The van der Waals surface area contributed by atoms with Gasteiger partial charge in [-0.2, -0.15) is 4.98 Å². The van der Waals surface area contributed by atoms with Crippen molar-refractivity contribution in [3.8, 4) is 11.5 Å². The van der Waals surface area contributed by atoms with Crippen LogP contribution in [0.15, 0.2) is 40.3 Å². The summed E-state index contributed by atoms with van der Waals surface area (Å²) >= 11 is 0. The lowest BCUT2D eigenvalue weighted by molar-refractivity contribution is 0.190. The van der Waals surface area contributed by atoms with E-state index >= 15 is 0 Å². The highest BCUT2D eigenvalue weighted by molar-refractivity contribution is 7.89. The maximum atomic E-state index is 14.0. The van der Waals surface area contributed by atoms with E-state index in [1.54, 1.807) is 0 Å². The minimum Gasteiger partial charge on any atom is -0.334 e. The molecular weight excluding hydrogens is 397 g/mol. The van der Waals surface area contributed by atoms with Gasteiger partial charge in [0.25, 0.3) is 5.89 Å². The van der Waals surface area contributed by atoms with Crippen molar-refractivity contribution < 1.29 is 17.3 Å². The summed E-state index contributed by atoms with van der Waals surface area (Å²) in [6.07, 6.45) is 1.37. The maximum absolute atomic E-state index is 14.0. The van der Waals surface area contributed by atoms with Crippen LogP contribution >= 0.6 is 12.4 Å². The summed E-state index contributed by atoms with van der Waals surface area (Å²) in [5.74, 6) is -0.228. The zero-order valence-corrected chi connectivity index (χ0v) is 16.3. The Morgan fingerprint density at radius 2 is 2.30 bits per heavy atom. The first kappa shape index (κ1) is 21.5. The highest BCUT2D eigenvalue weighted by atomic mass is 35.5. The van der Waals surface area contributed by atoms with E-state index in [4.69, 9.17) is 4.52 Å². The summed E-state index contributed by atoms with van der Waals surface area (Å²) in [5, 5.41) is 7.25. The molecule has 1 fully saturated rings. The predicted molar refractivity (Wildman–Crippen MR) is 101 cm³/mol. The average Bonchev–Trinajstić information content (AvgIpc) is 3.10. The molecule has 0 radical (unpaired) electrons. The molecule has 2 aromatic rings. The van der Waals surface area contributed by atoms with Gasteiger partial charge in [-0.1, -0.05) is 11.2 Å². The molecule has 1 atom stereocenters. The van der Waals surface area contributed by atoms with Crippen LogP contribution in [0.4, 0.5) is 4.39 Å². The van der Waals surface area contributed by atoms with E-state index in [1.807, 2.05) is 7.05 Å². The number of nitrogens with one attached hydrogen (secondary N) is 2. The zero-order valence-electron chi connectivity index (χ0n) is 14.7. The van der Waals surface area contributed by atoms with Crippen LogP contribution in [0.5, 0.6) is 0 Å². The van der Waals surface area contributed by atoms with Crippen molar-refractivity contribution in [2.45, 2.75) is 10.9 Å². The Balaban J connectivity index is 0.00000261. The Morgan fingerprint density at radius 3 is 3.00 bits per heavy atom. The van der Waals surface area contributed by atoms with Gasteiger partial charge in [0.2, 0.25) is 10.0 Å². The number of hydrogen-bond donors (Lipinski definition) is 2. The SMILES string of the molecule is C=CCNS(=O)(=O)c1cc(-c2nc(C3CNCCN3C)no2)ccc1F.Cl. The van der Waals surface area contributed by atoms with Crippen LogP contribution in [-0.2, 0) is 10.0 Å². The zero-order chi connectivity index (χ0) is 18.7. The first-order valence-electron chi connectivity index (χ1n) is 8.07. The highest BCUT2D eigenvalue weighted by Crippen LogP contribution is 2.26. The fraction of sp³-hybridized carbons (Fsp3) is 0.375. The summed E-state index contributed by atoms with van der Waals surface area (Å²) in [4.78, 5) is 5.98. The number of rotatable bonds is 6. The topological polar surface area (TPSA) is 100 Å². The number of aromatic nitrogens is 2. The number of nitrogens with zero attached hydrogens (tertiary/aromatic N) is 3. The molecule has 0 aliphatic carbocycles. The lowest BCUT2D eigenvalue weighted by Gasteiger charge is -2.30. The van der Waals surface area contributed by atoms with Gasteiger partial charge in [0, 0.05) is 31.7 Å². The molecule has 11 heteroatoms. The van der Waals surface area contributed by atoms with E-state index < -0.39 is 20.7 Å². The van der Waals surface area contributed by atoms with Crippen LogP contribution < -0.4 is 10.0 Å². The van der Waals surface area contributed by atoms with Crippen molar-refractivity contribution in [2.75, 3.05) is 33.2 Å². The molecule has 0 spiro atoms. The third kappa shape index (κ3) is 4.71. The van der Waals surface area contributed by atoms with E-state index in [1.165, 1.54) is 18.2 Å². The first-order chi connectivity index (χ1) is 12.4. The Labute approximate surface area is 163 Å². The summed E-state index contributed by atoms with van der Waals surface area (Å²) in [6, 6.07) is 3.61.